The second-order valence-corrected chi connectivity index (χ2v) is 6.79. The first-order valence-corrected chi connectivity index (χ1v) is 9.77. The zero-order chi connectivity index (χ0) is 21.8. The van der Waals surface area contributed by atoms with Crippen LogP contribution in [0.5, 0.6) is 5.75 Å². The normalized spacial score (nSPS) is 10.9. The molecule has 3 aromatic carbocycles. The van der Waals surface area contributed by atoms with E-state index in [1.165, 1.54) is 36.4 Å². The highest BCUT2D eigenvalue weighted by atomic mass is 19.1. The highest BCUT2D eigenvalue weighted by Crippen LogP contribution is 2.28. The van der Waals surface area contributed by atoms with E-state index in [2.05, 4.69) is 0 Å². The van der Waals surface area contributed by atoms with E-state index in [1.54, 1.807) is 18.2 Å². The molecule has 0 saturated heterocycles. The van der Waals surface area contributed by atoms with Gasteiger partial charge in [0.2, 0.25) is 5.76 Å². The number of rotatable bonds is 7. The van der Waals surface area contributed by atoms with Crippen molar-refractivity contribution in [2.75, 3.05) is 6.61 Å². The third kappa shape index (κ3) is 4.39. The van der Waals surface area contributed by atoms with Gasteiger partial charge in [-0.15, -0.1) is 0 Å². The van der Waals surface area contributed by atoms with E-state index in [0.717, 1.165) is 5.39 Å². The van der Waals surface area contributed by atoms with Gasteiger partial charge in [0.15, 0.2) is 5.78 Å². The molecule has 0 saturated carbocycles. The van der Waals surface area contributed by atoms with E-state index in [0.29, 0.717) is 28.9 Å². The van der Waals surface area contributed by atoms with E-state index < -0.39 is 11.8 Å². The van der Waals surface area contributed by atoms with Crippen LogP contribution in [0.2, 0.25) is 0 Å². The number of ether oxygens (including phenoxy) is 2. The molecule has 0 N–H and O–H groups in total. The second-order valence-electron chi connectivity index (χ2n) is 6.79. The second kappa shape index (κ2) is 8.93. The van der Waals surface area contributed by atoms with Crippen LogP contribution in [0.4, 0.5) is 4.39 Å². The monoisotopic (exact) mass is 418 g/mol. The number of esters is 1. The SMILES string of the molecule is CCOCc1c(C(=O)Oc2ccc(C(=O)c3ccc(F)cc3)cc2)oc2ccccc12. The first kappa shape index (κ1) is 20.5. The van der Waals surface area contributed by atoms with Gasteiger partial charge in [0.1, 0.15) is 17.1 Å². The molecule has 0 spiro atoms. The van der Waals surface area contributed by atoms with E-state index in [4.69, 9.17) is 13.9 Å². The van der Waals surface area contributed by atoms with Gasteiger partial charge in [-0.05, 0) is 61.5 Å². The summed E-state index contributed by atoms with van der Waals surface area (Å²) in [6.45, 7) is 2.59. The molecule has 0 aliphatic heterocycles. The van der Waals surface area contributed by atoms with Crippen LogP contribution in [-0.4, -0.2) is 18.4 Å². The summed E-state index contributed by atoms with van der Waals surface area (Å²) in [5, 5.41) is 0.795. The Morgan fingerprint density at radius 2 is 1.55 bits per heavy atom. The summed E-state index contributed by atoms with van der Waals surface area (Å²) >= 11 is 0. The van der Waals surface area contributed by atoms with Crippen LogP contribution in [0, 0.1) is 5.82 Å². The lowest BCUT2D eigenvalue weighted by Gasteiger charge is -2.06. The highest BCUT2D eigenvalue weighted by molar-refractivity contribution is 6.09. The molecular formula is C25H19FO5. The van der Waals surface area contributed by atoms with Crippen LogP contribution in [0.1, 0.15) is 39.0 Å². The van der Waals surface area contributed by atoms with Crippen molar-refractivity contribution in [3.05, 3.63) is 101 Å². The van der Waals surface area contributed by atoms with Gasteiger partial charge in [-0.2, -0.15) is 0 Å². The Bertz CT molecular complexity index is 1220. The molecule has 0 atom stereocenters. The summed E-state index contributed by atoms with van der Waals surface area (Å²) in [6, 6.07) is 18.8. The molecule has 0 fully saturated rings. The third-order valence-electron chi connectivity index (χ3n) is 4.77. The van der Waals surface area contributed by atoms with Crippen LogP contribution < -0.4 is 4.74 Å². The zero-order valence-electron chi connectivity index (χ0n) is 16.8. The van der Waals surface area contributed by atoms with Crippen LogP contribution in [0.25, 0.3) is 11.0 Å². The molecule has 1 aromatic heterocycles. The van der Waals surface area contributed by atoms with Crippen molar-refractivity contribution < 1.29 is 27.9 Å². The van der Waals surface area contributed by atoms with Crippen LogP contribution in [-0.2, 0) is 11.3 Å². The average molecular weight is 418 g/mol. The van der Waals surface area contributed by atoms with E-state index in [9.17, 15) is 14.0 Å². The molecule has 0 radical (unpaired) electrons. The van der Waals surface area contributed by atoms with Crippen molar-refractivity contribution in [3.63, 3.8) is 0 Å². The smallest absolute Gasteiger partial charge is 0.380 e. The van der Waals surface area contributed by atoms with Gasteiger partial charge < -0.3 is 13.9 Å². The van der Waals surface area contributed by atoms with E-state index in [1.807, 2.05) is 25.1 Å². The number of para-hydroxylation sites is 1. The van der Waals surface area contributed by atoms with Crippen LogP contribution in [0.3, 0.4) is 0 Å². The lowest BCUT2D eigenvalue weighted by molar-refractivity contribution is 0.0693. The standard InChI is InChI=1S/C25H19FO5/c1-2-29-15-21-20-5-3-4-6-22(20)31-24(21)25(28)30-19-13-9-17(10-14-19)23(27)16-7-11-18(26)12-8-16/h3-14H,2,15H2,1H3. The van der Waals surface area contributed by atoms with Gasteiger partial charge in [0.25, 0.3) is 0 Å². The summed E-state index contributed by atoms with van der Waals surface area (Å²) in [7, 11) is 0. The number of carbonyl (C=O) groups excluding carboxylic acids is 2. The summed E-state index contributed by atoms with van der Waals surface area (Å²) in [4.78, 5) is 25.3. The lowest BCUT2D eigenvalue weighted by atomic mass is 10.0. The minimum atomic E-state index is -0.650. The molecule has 4 aromatic rings. The molecule has 31 heavy (non-hydrogen) atoms. The number of ketones is 1. The topological polar surface area (TPSA) is 65.7 Å². The average Bonchev–Trinajstić information content (AvgIpc) is 3.17. The Morgan fingerprint density at radius 3 is 2.23 bits per heavy atom. The number of hydrogen-bond donors (Lipinski definition) is 0. The van der Waals surface area contributed by atoms with Crippen LogP contribution >= 0.6 is 0 Å². The molecule has 1 heterocycles. The fraction of sp³-hybridized carbons (Fsp3) is 0.120. The molecule has 0 aliphatic carbocycles. The number of furan rings is 1. The first-order valence-electron chi connectivity index (χ1n) is 9.77. The van der Waals surface area contributed by atoms with Crippen molar-refractivity contribution in [1.82, 2.24) is 0 Å². The van der Waals surface area contributed by atoms with Gasteiger partial charge in [-0.3, -0.25) is 4.79 Å². The van der Waals surface area contributed by atoms with E-state index >= 15 is 0 Å². The molecule has 0 amide bonds. The Labute approximate surface area is 178 Å². The molecule has 6 heteroatoms. The molecule has 0 aliphatic rings. The largest absolute Gasteiger partial charge is 0.449 e. The molecular weight excluding hydrogens is 399 g/mol. The fourth-order valence-corrected chi connectivity index (χ4v) is 3.21. The number of carbonyl (C=O) groups is 2. The van der Waals surface area contributed by atoms with Crippen LogP contribution in [0.15, 0.2) is 77.2 Å². The maximum Gasteiger partial charge on any atom is 0.380 e. The highest BCUT2D eigenvalue weighted by Gasteiger charge is 2.22. The van der Waals surface area contributed by atoms with Gasteiger partial charge in [0.05, 0.1) is 6.61 Å². The van der Waals surface area contributed by atoms with Crippen molar-refractivity contribution in [2.24, 2.45) is 0 Å². The predicted octanol–water partition coefficient (Wildman–Crippen LogP) is 5.56. The van der Waals surface area contributed by atoms with Crippen molar-refractivity contribution in [1.29, 1.82) is 0 Å². The lowest BCUT2D eigenvalue weighted by Crippen LogP contribution is -2.10. The van der Waals surface area contributed by atoms with Crippen molar-refractivity contribution >= 4 is 22.7 Å². The maximum atomic E-state index is 13.1. The Hall–Kier alpha value is -3.77. The third-order valence-corrected chi connectivity index (χ3v) is 4.77. The summed E-state index contributed by atoms with van der Waals surface area (Å²) in [5.41, 5.74) is 1.97. The van der Waals surface area contributed by atoms with Crippen molar-refractivity contribution in [3.8, 4) is 5.75 Å². The van der Waals surface area contributed by atoms with Gasteiger partial charge >= 0.3 is 5.97 Å². The number of fused-ring (bicyclic) bond motifs is 1. The first-order chi connectivity index (χ1) is 15.1. The molecule has 0 bridgehead atoms. The number of benzene rings is 3. The predicted molar refractivity (Wildman–Crippen MR) is 113 cm³/mol. The minimum absolute atomic E-state index is 0.0844. The van der Waals surface area contributed by atoms with Crippen molar-refractivity contribution in [2.45, 2.75) is 13.5 Å². The number of hydrogen-bond acceptors (Lipinski definition) is 5. The minimum Gasteiger partial charge on any atom is -0.449 e. The Morgan fingerprint density at radius 1 is 0.903 bits per heavy atom. The summed E-state index contributed by atoms with van der Waals surface area (Å²) in [5.74, 6) is -0.963. The molecule has 4 rings (SSSR count). The summed E-state index contributed by atoms with van der Waals surface area (Å²) in [6.07, 6.45) is 0. The quantitative estimate of drug-likeness (QED) is 0.223. The van der Waals surface area contributed by atoms with Gasteiger partial charge in [-0.25, -0.2) is 9.18 Å². The Kier molecular flexibility index (Phi) is 5.91. The molecule has 156 valence electrons. The zero-order valence-corrected chi connectivity index (χ0v) is 16.8. The number of halogens is 1. The van der Waals surface area contributed by atoms with E-state index in [-0.39, 0.29) is 23.9 Å². The molecule has 5 nitrogen and oxygen atoms in total. The maximum absolute atomic E-state index is 13.1. The Balaban J connectivity index is 1.54. The van der Waals surface area contributed by atoms with Gasteiger partial charge in [0, 0.05) is 28.7 Å². The summed E-state index contributed by atoms with van der Waals surface area (Å²) < 4.78 is 29.7. The van der Waals surface area contributed by atoms with Gasteiger partial charge in [-0.1, -0.05) is 18.2 Å². The fourth-order valence-electron chi connectivity index (χ4n) is 3.21. The molecule has 0 unspecified atom stereocenters.